The van der Waals surface area contributed by atoms with E-state index < -0.39 is 168 Å². The monoisotopic (exact) mass is 1170 g/mol. The van der Waals surface area contributed by atoms with Gasteiger partial charge in [0.2, 0.25) is 6.29 Å². The van der Waals surface area contributed by atoms with Gasteiger partial charge in [-0.1, -0.05) is 34.6 Å². The summed E-state index contributed by atoms with van der Waals surface area (Å²) in [4.78, 5) is 39.0. The summed E-state index contributed by atoms with van der Waals surface area (Å²) in [6.07, 6.45) is -14.2. The molecule has 25 heteroatoms. The maximum Gasteiger partial charge on any atom is 0.311 e. The van der Waals surface area contributed by atoms with Crippen LogP contribution in [0.2, 0.25) is 0 Å². The lowest BCUT2D eigenvalue weighted by Crippen LogP contribution is -2.77. The van der Waals surface area contributed by atoms with Gasteiger partial charge in [-0.25, -0.2) is 0 Å². The van der Waals surface area contributed by atoms with Crippen molar-refractivity contribution in [3.8, 4) is 0 Å². The van der Waals surface area contributed by atoms with Crippen LogP contribution in [0.25, 0.3) is 0 Å². The molecule has 0 aromatic heterocycles. The molecule has 0 aromatic carbocycles. The predicted octanol–water partition coefficient (Wildman–Crippen LogP) is -0.509. The van der Waals surface area contributed by atoms with E-state index in [1.807, 2.05) is 34.6 Å². The van der Waals surface area contributed by atoms with E-state index in [-0.39, 0.29) is 50.0 Å². The number of aliphatic hydroxyl groups excluding tert-OH is 5. The Hall–Kier alpha value is -2.19. The molecule has 25 nitrogen and oxygen atoms in total. The fourth-order valence-electron chi connectivity index (χ4n) is 13.5. The van der Waals surface area contributed by atoms with Crippen molar-refractivity contribution in [3.63, 3.8) is 0 Å². The van der Waals surface area contributed by atoms with Gasteiger partial charge >= 0.3 is 11.9 Å². The van der Waals surface area contributed by atoms with Gasteiger partial charge in [-0.3, -0.25) is 19.3 Å². The topological polar surface area (TPSA) is 370 Å². The Balaban J connectivity index is 0.000000348. The van der Waals surface area contributed by atoms with Crippen LogP contribution in [-0.4, -0.2) is 248 Å². The quantitative estimate of drug-likeness (QED) is 0.0919. The zero-order chi connectivity index (χ0) is 61.0. The zero-order valence-corrected chi connectivity index (χ0v) is 50.4. The standard InChI is InChI=1S/C38H72N2O12.C18H30N2O9/c1-13-26-38(11,46)31(42)22(5)28(40-15-14-39)20(3)17-36(9,45)33(52-35-29(41)19(2)16-21(4)48-35)23(6)30(24(7)34(44)50-26)51-27-18-37(10,47-12)32(43)25(8)49-27;1-8-7-9(21)18(26)17(27-8)28-16-14(25)12(20(3)6-4-5-10(22)23)13(24)11(19-2)15(16)29-18/h19-33,35,40-43,45-46H,13-18,39H2,1-12H3;8,11-17,19,24-26H,4-7H2,1-3H3,(H,22,23)/t19?,20-,21?,22+,23+,24-,25?,26-,27?,28+,29?,30+,31-,32?,33-,35?,36-,37?,38-;8-,11+,12-,13-,14+,15-,16-,17+,18+/m11/s1. The first kappa shape index (κ1) is 69.6. The predicted molar refractivity (Wildman–Crippen MR) is 291 cm³/mol. The van der Waals surface area contributed by atoms with E-state index in [4.69, 9.17) is 53.5 Å². The Morgan fingerprint density at radius 3 is 2.06 bits per heavy atom. The summed E-state index contributed by atoms with van der Waals surface area (Å²) in [5, 5.41) is 106. The second kappa shape index (κ2) is 28.5. The first-order valence-corrected chi connectivity index (χ1v) is 29.2. The highest BCUT2D eigenvalue weighted by Crippen LogP contribution is 2.44. The average molecular weight is 1170 g/mol. The van der Waals surface area contributed by atoms with Gasteiger partial charge in [0, 0.05) is 57.3 Å². The number of likely N-dealkylation sites (N-methyl/N-ethyl adjacent to an activating group) is 2. The molecular weight excluding hydrogens is 1060 g/mol. The SMILES string of the molecule is CC[C@H]1OC(=O)[C@H](C)[C@@H](OC2CC(C)(OC)C(O)C(C)O2)[C@H](C)[C@@H](OC2OC(C)CC(C)C2O)[C@](C)(O)C[C@@H](C)[C@H](NCCN)[C@H](C)[C@@H](O)[C@]1(C)O.CN[C@H]1[C@@H](O)[C@@H](N(C)CCCC(=O)O)[C@H](O)[C@H]2O[C@@H]3O[C@H](C)CC(=O)[C@]3(O)O[C@H]12. The molecule has 5 saturated heterocycles. The number of nitrogens with zero attached hydrogens (tertiary/aromatic N) is 1. The van der Waals surface area contributed by atoms with E-state index >= 15 is 0 Å². The van der Waals surface area contributed by atoms with Crippen molar-refractivity contribution in [2.75, 3.05) is 40.8 Å². The molecule has 1 aliphatic carbocycles. The molecule has 0 spiro atoms. The van der Waals surface area contributed by atoms with Crippen molar-refractivity contribution in [2.45, 2.75) is 267 Å². The van der Waals surface area contributed by atoms with Gasteiger partial charge in [0.1, 0.15) is 42.2 Å². The molecule has 0 bridgehead atoms. The van der Waals surface area contributed by atoms with Crippen LogP contribution in [0.15, 0.2) is 0 Å². The molecule has 81 heavy (non-hydrogen) atoms. The lowest BCUT2D eigenvalue weighted by molar-refractivity contribution is -0.421. The maximum atomic E-state index is 14.2. The number of rotatable bonds is 15. The molecular formula is C56H102N4O21. The summed E-state index contributed by atoms with van der Waals surface area (Å²) in [6, 6.07) is -1.98. The third-order valence-corrected chi connectivity index (χ3v) is 18.3. The van der Waals surface area contributed by atoms with Gasteiger partial charge in [-0.15, -0.1) is 0 Å². The molecule has 0 radical (unpaired) electrons. The van der Waals surface area contributed by atoms with E-state index in [2.05, 4.69) is 10.6 Å². The molecule has 1 saturated carbocycles. The first-order valence-electron chi connectivity index (χ1n) is 29.2. The number of methoxy groups -OCH3 is 1. The van der Waals surface area contributed by atoms with Gasteiger partial charge in [-0.05, 0) is 107 Å². The molecule has 6 aliphatic rings. The van der Waals surface area contributed by atoms with Crippen LogP contribution >= 0.6 is 0 Å². The van der Waals surface area contributed by atoms with Crippen molar-refractivity contribution < 1.29 is 103 Å². The van der Waals surface area contributed by atoms with E-state index in [1.165, 1.54) is 14.0 Å². The van der Waals surface area contributed by atoms with Crippen LogP contribution in [-0.2, 0) is 57.0 Å². The minimum absolute atomic E-state index is 0.0344. The molecule has 472 valence electrons. The highest BCUT2D eigenvalue weighted by Gasteiger charge is 2.64. The number of nitrogens with one attached hydrogen (secondary N) is 2. The van der Waals surface area contributed by atoms with E-state index in [0.29, 0.717) is 32.5 Å². The van der Waals surface area contributed by atoms with Gasteiger partial charge in [-0.2, -0.15) is 0 Å². The minimum atomic E-state index is -2.30. The summed E-state index contributed by atoms with van der Waals surface area (Å²) >= 11 is 0. The second-order valence-electron chi connectivity index (χ2n) is 25.0. The number of hydrogen-bond acceptors (Lipinski definition) is 24. The Morgan fingerprint density at radius 1 is 0.815 bits per heavy atom. The van der Waals surface area contributed by atoms with Crippen molar-refractivity contribution in [2.24, 2.45) is 35.3 Å². The van der Waals surface area contributed by atoms with E-state index in [0.717, 1.165) is 0 Å². The second-order valence-corrected chi connectivity index (χ2v) is 25.0. The smallest absolute Gasteiger partial charge is 0.311 e. The highest BCUT2D eigenvalue weighted by atomic mass is 16.8. The van der Waals surface area contributed by atoms with Gasteiger partial charge < -0.3 is 105 Å². The number of esters is 1. The number of nitrogens with two attached hydrogens (primary N) is 1. The first-order chi connectivity index (χ1) is 37.6. The van der Waals surface area contributed by atoms with Crippen molar-refractivity contribution in [1.82, 2.24) is 15.5 Å². The molecule has 8 unspecified atom stereocenters. The Morgan fingerprint density at radius 2 is 1.47 bits per heavy atom. The lowest BCUT2D eigenvalue weighted by Gasteiger charge is -2.56. The number of ketones is 1. The number of aliphatic hydroxyl groups is 8. The number of cyclic esters (lactones) is 1. The molecule has 6 rings (SSSR count). The van der Waals surface area contributed by atoms with E-state index in [9.17, 15) is 55.2 Å². The number of fused-ring (bicyclic) bond motifs is 2. The van der Waals surface area contributed by atoms with Crippen LogP contribution in [0.3, 0.4) is 0 Å². The Kier molecular flexibility index (Phi) is 24.5. The summed E-state index contributed by atoms with van der Waals surface area (Å²) in [6.45, 7) is 22.2. The average Bonchev–Trinajstić information content (AvgIpc) is 3.45. The zero-order valence-electron chi connectivity index (χ0n) is 50.4. The number of carboxylic acid groups (broad SMARTS) is 1. The molecule has 13 N–H and O–H groups in total. The number of carbonyl (C=O) groups is 3. The molecule has 0 aromatic rings. The normalized spacial score (nSPS) is 48.4. The molecule has 5 aliphatic heterocycles. The van der Waals surface area contributed by atoms with Crippen LogP contribution < -0.4 is 16.4 Å². The van der Waals surface area contributed by atoms with E-state index in [1.54, 1.807) is 60.5 Å². The molecule has 28 atom stereocenters. The maximum absolute atomic E-state index is 14.2. The number of Topliss-reactive ketones (excluding diaryl/α,β-unsaturated/α-hetero) is 1. The Labute approximate surface area is 478 Å². The van der Waals surface area contributed by atoms with Crippen molar-refractivity contribution in [1.29, 1.82) is 0 Å². The summed E-state index contributed by atoms with van der Waals surface area (Å²) < 4.78 is 54.5. The molecule has 6 fully saturated rings. The van der Waals surface area contributed by atoms with Crippen LogP contribution in [0.1, 0.15) is 128 Å². The Bertz CT molecular complexity index is 2030. The molecule has 5 heterocycles. The number of hydrogen-bond donors (Lipinski definition) is 12. The highest BCUT2D eigenvalue weighted by molar-refractivity contribution is 5.87. The van der Waals surface area contributed by atoms with Gasteiger partial charge in [0.05, 0.1) is 71.9 Å². The van der Waals surface area contributed by atoms with Crippen LogP contribution in [0, 0.1) is 29.6 Å². The van der Waals surface area contributed by atoms with Gasteiger partial charge in [0.15, 0.2) is 18.4 Å². The van der Waals surface area contributed by atoms with Crippen LogP contribution in [0.4, 0.5) is 0 Å². The van der Waals surface area contributed by atoms with Crippen molar-refractivity contribution >= 4 is 17.7 Å². The minimum Gasteiger partial charge on any atom is -0.481 e. The number of carboxylic acids is 1. The third-order valence-electron chi connectivity index (χ3n) is 18.3. The summed E-state index contributed by atoms with van der Waals surface area (Å²) in [5.41, 5.74) is 1.40. The summed E-state index contributed by atoms with van der Waals surface area (Å²) in [5.74, 6) is -7.30. The van der Waals surface area contributed by atoms with Crippen LogP contribution in [0.5, 0.6) is 0 Å². The van der Waals surface area contributed by atoms with Crippen molar-refractivity contribution in [3.05, 3.63) is 0 Å². The fraction of sp³-hybridized carbons (Fsp3) is 0.946. The number of aliphatic carboxylic acids is 1. The third kappa shape index (κ3) is 15.5. The fourth-order valence-corrected chi connectivity index (χ4v) is 13.5. The molecule has 0 amide bonds. The lowest BCUT2D eigenvalue weighted by atomic mass is 9.72. The largest absolute Gasteiger partial charge is 0.481 e. The number of carbonyl (C=O) groups excluding carboxylic acids is 2. The van der Waals surface area contributed by atoms with Gasteiger partial charge in [0.25, 0.3) is 5.79 Å². The number of ether oxygens (including phenoxy) is 9. The summed E-state index contributed by atoms with van der Waals surface area (Å²) in [7, 11) is 4.77.